The van der Waals surface area contributed by atoms with E-state index in [1.807, 2.05) is 16.7 Å². The first-order valence-electron chi connectivity index (χ1n) is 7.54. The van der Waals surface area contributed by atoms with E-state index in [1.165, 1.54) is 49.6 Å². The molecular weight excluding hydrogens is 252 g/mol. The van der Waals surface area contributed by atoms with Crippen molar-refractivity contribution in [1.29, 1.82) is 0 Å². The minimum Gasteiger partial charge on any atom is -0.323 e. The summed E-state index contributed by atoms with van der Waals surface area (Å²) < 4.78 is 0. The molecule has 1 aliphatic heterocycles. The van der Waals surface area contributed by atoms with Gasteiger partial charge in [0.25, 0.3) is 0 Å². The Morgan fingerprint density at radius 2 is 1.74 bits per heavy atom. The van der Waals surface area contributed by atoms with Gasteiger partial charge in [-0.3, -0.25) is 0 Å². The Balaban J connectivity index is 1.81. The molecule has 0 aliphatic carbocycles. The van der Waals surface area contributed by atoms with Crippen LogP contribution in [0.2, 0.25) is 0 Å². The summed E-state index contributed by atoms with van der Waals surface area (Å²) in [6.07, 6.45) is 3.44. The van der Waals surface area contributed by atoms with Crippen molar-refractivity contribution in [2.24, 2.45) is 0 Å². The molecule has 1 heterocycles. The largest absolute Gasteiger partial charge is 0.323 e. The van der Waals surface area contributed by atoms with Crippen LogP contribution in [-0.2, 0) is 6.54 Å². The average Bonchev–Trinajstić information content (AvgIpc) is 2.48. The van der Waals surface area contributed by atoms with Gasteiger partial charge in [0, 0.05) is 10.5 Å². The summed E-state index contributed by atoms with van der Waals surface area (Å²) >= 11 is 1.82. The molecule has 2 N–H and O–H groups in total. The quantitative estimate of drug-likeness (QED) is 0.746. The highest BCUT2D eigenvalue weighted by molar-refractivity contribution is 7.98. The second-order valence-electron chi connectivity index (χ2n) is 5.74. The van der Waals surface area contributed by atoms with Gasteiger partial charge >= 0.3 is 0 Å². The van der Waals surface area contributed by atoms with Crippen molar-refractivity contribution < 1.29 is 9.80 Å². The molecule has 0 amide bonds. The fourth-order valence-electron chi connectivity index (χ4n) is 2.91. The van der Waals surface area contributed by atoms with Crippen LogP contribution in [0.5, 0.6) is 0 Å². The lowest BCUT2D eigenvalue weighted by Crippen LogP contribution is -3.29. The summed E-state index contributed by atoms with van der Waals surface area (Å²) in [5, 5.41) is 0. The van der Waals surface area contributed by atoms with Gasteiger partial charge in [-0.1, -0.05) is 19.1 Å². The molecule has 1 fully saturated rings. The van der Waals surface area contributed by atoms with Crippen LogP contribution in [0.25, 0.3) is 0 Å². The van der Waals surface area contributed by atoms with Crippen LogP contribution in [-0.4, -0.2) is 38.5 Å². The highest BCUT2D eigenvalue weighted by Crippen LogP contribution is 2.14. The Labute approximate surface area is 122 Å². The van der Waals surface area contributed by atoms with E-state index in [1.54, 1.807) is 4.90 Å². The minimum absolute atomic E-state index is 0.836. The van der Waals surface area contributed by atoms with Gasteiger partial charge in [-0.05, 0) is 31.7 Å². The summed E-state index contributed by atoms with van der Waals surface area (Å²) in [6, 6.07) is 9.93. The van der Waals surface area contributed by atoms with Crippen molar-refractivity contribution in [3.8, 4) is 0 Å². The molecule has 1 saturated heterocycles. The van der Waals surface area contributed by atoms with Crippen molar-refractivity contribution >= 4 is 11.8 Å². The molecule has 1 aromatic rings. The number of hydrogen-bond donors (Lipinski definition) is 2. The molecule has 2 rings (SSSR count). The molecule has 0 radical (unpaired) electrons. The standard InChI is InChI=1S/C16H26N2S/c1-4-14(2)18-11-9-17(10-12-18)13-15-5-7-16(19-3)8-6-15/h5-8,14H,4,9-13H2,1-3H3/p+2/t14-/m0/s1. The molecule has 0 bridgehead atoms. The van der Waals surface area contributed by atoms with E-state index in [0.717, 1.165) is 6.04 Å². The molecular formula is C16H28N2S+2. The van der Waals surface area contributed by atoms with Gasteiger partial charge in [-0.25, -0.2) is 0 Å². The molecule has 0 spiro atoms. The number of quaternary nitrogens is 2. The Hall–Kier alpha value is -0.510. The SMILES string of the molecule is CC[C@H](C)[NH+]1CC[NH+](Cc2ccc(SC)cc2)CC1. The number of hydrogen-bond acceptors (Lipinski definition) is 1. The molecule has 1 atom stereocenters. The van der Waals surface area contributed by atoms with Crippen molar-refractivity contribution in [3.63, 3.8) is 0 Å². The maximum atomic E-state index is 2.39. The zero-order chi connectivity index (χ0) is 13.7. The first-order chi connectivity index (χ1) is 9.22. The van der Waals surface area contributed by atoms with Crippen molar-refractivity contribution in [1.82, 2.24) is 0 Å². The maximum absolute atomic E-state index is 2.39. The molecule has 1 aliphatic rings. The summed E-state index contributed by atoms with van der Waals surface area (Å²) in [5.74, 6) is 0. The first kappa shape index (κ1) is 14.9. The molecule has 3 heteroatoms. The smallest absolute Gasteiger partial charge is 0.127 e. The van der Waals surface area contributed by atoms with E-state index in [4.69, 9.17) is 0 Å². The van der Waals surface area contributed by atoms with Gasteiger partial charge in [0.15, 0.2) is 0 Å². The molecule has 2 nitrogen and oxygen atoms in total. The lowest BCUT2D eigenvalue weighted by Gasteiger charge is -2.33. The Kier molecular flexibility index (Phi) is 5.74. The third kappa shape index (κ3) is 4.23. The van der Waals surface area contributed by atoms with Gasteiger partial charge in [0.2, 0.25) is 0 Å². The van der Waals surface area contributed by atoms with E-state index in [-0.39, 0.29) is 0 Å². The number of piperazine rings is 1. The molecule has 0 saturated carbocycles. The van der Waals surface area contributed by atoms with Gasteiger partial charge in [-0.15, -0.1) is 11.8 Å². The Morgan fingerprint density at radius 3 is 2.26 bits per heavy atom. The van der Waals surface area contributed by atoms with E-state index in [0.29, 0.717) is 0 Å². The molecule has 19 heavy (non-hydrogen) atoms. The van der Waals surface area contributed by atoms with Gasteiger partial charge in [0.1, 0.15) is 32.7 Å². The van der Waals surface area contributed by atoms with Crippen molar-refractivity contribution in [3.05, 3.63) is 29.8 Å². The Morgan fingerprint density at radius 1 is 1.11 bits per heavy atom. The highest BCUT2D eigenvalue weighted by Gasteiger charge is 2.25. The number of thioether (sulfide) groups is 1. The minimum atomic E-state index is 0.836. The molecule has 0 aromatic heterocycles. The molecule has 0 unspecified atom stereocenters. The summed E-state index contributed by atoms with van der Waals surface area (Å²) in [5.41, 5.74) is 1.49. The van der Waals surface area contributed by atoms with Gasteiger partial charge < -0.3 is 9.80 Å². The van der Waals surface area contributed by atoms with Crippen LogP contribution in [0.4, 0.5) is 0 Å². The van der Waals surface area contributed by atoms with E-state index < -0.39 is 0 Å². The third-order valence-corrected chi connectivity index (χ3v) is 5.27. The fourth-order valence-corrected chi connectivity index (χ4v) is 3.32. The zero-order valence-corrected chi connectivity index (χ0v) is 13.4. The van der Waals surface area contributed by atoms with Crippen LogP contribution in [0, 0.1) is 0 Å². The maximum Gasteiger partial charge on any atom is 0.127 e. The molecule has 1 aromatic carbocycles. The second-order valence-corrected chi connectivity index (χ2v) is 6.62. The number of rotatable bonds is 5. The van der Waals surface area contributed by atoms with Crippen molar-refractivity contribution in [2.75, 3.05) is 32.4 Å². The van der Waals surface area contributed by atoms with Crippen LogP contribution < -0.4 is 9.80 Å². The second kappa shape index (κ2) is 7.32. The van der Waals surface area contributed by atoms with Crippen LogP contribution in [0.1, 0.15) is 25.8 Å². The molecule has 106 valence electrons. The lowest BCUT2D eigenvalue weighted by molar-refractivity contribution is -1.03. The van der Waals surface area contributed by atoms with Crippen molar-refractivity contribution in [2.45, 2.75) is 37.8 Å². The van der Waals surface area contributed by atoms with Crippen LogP contribution in [0.3, 0.4) is 0 Å². The number of nitrogens with one attached hydrogen (secondary N) is 2. The van der Waals surface area contributed by atoms with E-state index in [9.17, 15) is 0 Å². The summed E-state index contributed by atoms with van der Waals surface area (Å²) in [7, 11) is 0. The van der Waals surface area contributed by atoms with E-state index in [2.05, 4.69) is 44.4 Å². The highest BCUT2D eigenvalue weighted by atomic mass is 32.2. The van der Waals surface area contributed by atoms with Crippen LogP contribution >= 0.6 is 11.8 Å². The monoisotopic (exact) mass is 280 g/mol. The lowest BCUT2D eigenvalue weighted by atomic mass is 10.1. The zero-order valence-electron chi connectivity index (χ0n) is 12.5. The Bertz CT molecular complexity index is 369. The third-order valence-electron chi connectivity index (χ3n) is 4.52. The number of benzene rings is 1. The average molecular weight is 280 g/mol. The van der Waals surface area contributed by atoms with Gasteiger partial charge in [-0.2, -0.15) is 0 Å². The summed E-state index contributed by atoms with van der Waals surface area (Å²) in [6.45, 7) is 11.2. The van der Waals surface area contributed by atoms with Gasteiger partial charge in [0.05, 0.1) is 6.04 Å². The van der Waals surface area contributed by atoms with Crippen LogP contribution in [0.15, 0.2) is 29.2 Å². The summed E-state index contributed by atoms with van der Waals surface area (Å²) in [4.78, 5) is 4.93. The fraction of sp³-hybridized carbons (Fsp3) is 0.625. The normalized spacial score (nSPS) is 25.2. The predicted octanol–water partition coefficient (Wildman–Crippen LogP) is 0.490. The topological polar surface area (TPSA) is 8.88 Å². The predicted molar refractivity (Wildman–Crippen MR) is 83.1 cm³/mol. The van der Waals surface area contributed by atoms with E-state index >= 15 is 0 Å². The first-order valence-corrected chi connectivity index (χ1v) is 8.76.